The van der Waals surface area contributed by atoms with Crippen LogP contribution in [-0.2, 0) is 11.2 Å². The van der Waals surface area contributed by atoms with Crippen LogP contribution in [0, 0.1) is 5.92 Å². The molecular formula is C24H25F3N2O3. The number of benzene rings is 2. The predicted molar refractivity (Wildman–Crippen MR) is 112 cm³/mol. The van der Waals surface area contributed by atoms with Crippen LogP contribution >= 0.6 is 0 Å². The van der Waals surface area contributed by atoms with Crippen molar-refractivity contribution in [1.29, 1.82) is 0 Å². The van der Waals surface area contributed by atoms with E-state index in [-0.39, 0.29) is 17.9 Å². The molecule has 2 aromatic rings. The molecule has 170 valence electrons. The van der Waals surface area contributed by atoms with E-state index in [0.717, 1.165) is 56.4 Å². The predicted octanol–water partition coefficient (Wildman–Crippen LogP) is 5.06. The number of para-hydroxylation sites is 1. The highest BCUT2D eigenvalue weighted by Gasteiger charge is 2.37. The molecule has 5 nitrogen and oxygen atoms in total. The Balaban J connectivity index is 1.28. The first-order valence-electron chi connectivity index (χ1n) is 11.0. The molecule has 3 saturated heterocycles. The zero-order chi connectivity index (χ0) is 22.3. The van der Waals surface area contributed by atoms with Crippen molar-refractivity contribution in [2.75, 3.05) is 19.6 Å². The number of alkyl halides is 3. The molecule has 8 heteroatoms. The van der Waals surface area contributed by atoms with Crippen LogP contribution in [0.1, 0.15) is 36.4 Å². The molecule has 2 bridgehead atoms. The summed E-state index contributed by atoms with van der Waals surface area (Å²) < 4.78 is 48.2. The first-order chi connectivity index (χ1) is 15.4. The zero-order valence-electron chi connectivity index (χ0n) is 17.5. The van der Waals surface area contributed by atoms with E-state index in [4.69, 9.17) is 4.74 Å². The van der Waals surface area contributed by atoms with Crippen LogP contribution in [0.2, 0.25) is 0 Å². The molecule has 1 unspecified atom stereocenters. The van der Waals surface area contributed by atoms with Gasteiger partial charge in [-0.3, -0.25) is 4.90 Å². The van der Waals surface area contributed by atoms with Crippen molar-refractivity contribution in [3.05, 3.63) is 53.6 Å². The van der Waals surface area contributed by atoms with E-state index in [1.54, 1.807) is 18.2 Å². The number of carbonyl (C=O) groups excluding carboxylic acids is 1. The Morgan fingerprint density at radius 3 is 2.56 bits per heavy atom. The highest BCUT2D eigenvalue weighted by Crippen LogP contribution is 2.38. The first kappa shape index (κ1) is 21.1. The summed E-state index contributed by atoms with van der Waals surface area (Å²) in [5.41, 5.74) is 3.02. The average Bonchev–Trinajstić information content (AvgIpc) is 3.15. The van der Waals surface area contributed by atoms with Gasteiger partial charge in [0.1, 0.15) is 11.9 Å². The van der Waals surface area contributed by atoms with Crippen molar-refractivity contribution < 1.29 is 27.4 Å². The lowest BCUT2D eigenvalue weighted by molar-refractivity contribution is -0.274. The molecule has 0 spiro atoms. The van der Waals surface area contributed by atoms with Gasteiger partial charge >= 0.3 is 12.5 Å². The van der Waals surface area contributed by atoms with Crippen molar-refractivity contribution in [2.24, 2.45) is 5.92 Å². The largest absolute Gasteiger partial charge is 0.573 e. The summed E-state index contributed by atoms with van der Waals surface area (Å²) in [5.74, 6) is 0.219. The number of nitrogens with one attached hydrogen (secondary N) is 1. The number of ether oxygens (including phenoxy) is 2. The Hall–Kier alpha value is -2.74. The number of nitrogens with zero attached hydrogens (tertiary/aromatic N) is 1. The average molecular weight is 446 g/mol. The van der Waals surface area contributed by atoms with Gasteiger partial charge in [0.25, 0.3) is 0 Å². The van der Waals surface area contributed by atoms with E-state index < -0.39 is 12.5 Å². The fraction of sp³-hybridized carbons (Fsp3) is 0.458. The first-order valence-corrected chi connectivity index (χ1v) is 11.0. The smallest absolute Gasteiger partial charge is 0.445 e. The van der Waals surface area contributed by atoms with Gasteiger partial charge in [-0.2, -0.15) is 0 Å². The Morgan fingerprint density at radius 2 is 1.84 bits per heavy atom. The van der Waals surface area contributed by atoms with E-state index in [1.165, 1.54) is 12.1 Å². The van der Waals surface area contributed by atoms with Crippen LogP contribution in [0.5, 0.6) is 5.75 Å². The summed E-state index contributed by atoms with van der Waals surface area (Å²) in [5, 5.41) is 2.99. The Kier molecular flexibility index (Phi) is 5.49. The number of amides is 1. The minimum atomic E-state index is -4.75. The maximum Gasteiger partial charge on any atom is 0.573 e. The van der Waals surface area contributed by atoms with Gasteiger partial charge in [-0.05, 0) is 67.4 Å². The molecule has 4 aliphatic rings. The van der Waals surface area contributed by atoms with Crippen LogP contribution < -0.4 is 10.1 Å². The third-order valence-corrected chi connectivity index (χ3v) is 6.79. The third kappa shape index (κ3) is 4.41. The summed E-state index contributed by atoms with van der Waals surface area (Å²) in [6, 6.07) is 11.5. The highest BCUT2D eigenvalue weighted by molar-refractivity contribution is 5.72. The van der Waals surface area contributed by atoms with E-state index in [2.05, 4.69) is 15.0 Å². The van der Waals surface area contributed by atoms with Gasteiger partial charge in [-0.1, -0.05) is 36.4 Å². The summed E-state index contributed by atoms with van der Waals surface area (Å²) in [6.45, 7) is 2.98. The lowest BCUT2D eigenvalue weighted by Crippen LogP contribution is -2.52. The number of fused-ring (bicyclic) bond motifs is 4. The Labute approximate surface area is 184 Å². The molecular weight excluding hydrogens is 421 g/mol. The van der Waals surface area contributed by atoms with Crippen LogP contribution in [0.3, 0.4) is 0 Å². The summed E-state index contributed by atoms with van der Waals surface area (Å²) >= 11 is 0. The van der Waals surface area contributed by atoms with Crippen molar-refractivity contribution in [2.45, 2.75) is 44.2 Å². The van der Waals surface area contributed by atoms with Crippen molar-refractivity contribution >= 4 is 6.09 Å². The van der Waals surface area contributed by atoms with Crippen LogP contribution in [0.4, 0.5) is 18.0 Å². The third-order valence-electron chi connectivity index (χ3n) is 6.79. The molecule has 3 heterocycles. The van der Waals surface area contributed by atoms with Crippen molar-refractivity contribution in [3.8, 4) is 16.9 Å². The van der Waals surface area contributed by atoms with E-state index in [9.17, 15) is 18.0 Å². The fourth-order valence-electron chi connectivity index (χ4n) is 5.21. The van der Waals surface area contributed by atoms with Crippen LogP contribution in [0.25, 0.3) is 11.1 Å². The Morgan fingerprint density at radius 1 is 1.06 bits per heavy atom. The highest BCUT2D eigenvalue weighted by atomic mass is 19.4. The van der Waals surface area contributed by atoms with E-state index >= 15 is 0 Å². The zero-order valence-corrected chi connectivity index (χ0v) is 17.5. The van der Waals surface area contributed by atoms with Crippen molar-refractivity contribution in [3.63, 3.8) is 0 Å². The van der Waals surface area contributed by atoms with Gasteiger partial charge in [0, 0.05) is 12.1 Å². The molecule has 0 radical (unpaired) electrons. The molecule has 0 saturated carbocycles. The number of rotatable bonds is 4. The maximum atomic E-state index is 12.8. The molecule has 32 heavy (non-hydrogen) atoms. The topological polar surface area (TPSA) is 50.8 Å². The number of halogens is 3. The minimum absolute atomic E-state index is 0.0501. The van der Waals surface area contributed by atoms with Gasteiger partial charge in [0.2, 0.25) is 0 Å². The quantitative estimate of drug-likeness (QED) is 0.713. The molecule has 1 N–H and O–H groups in total. The summed E-state index contributed by atoms with van der Waals surface area (Å²) in [6.07, 6.45) is -1.58. The molecule has 2 aromatic carbocycles. The molecule has 1 aliphatic carbocycles. The van der Waals surface area contributed by atoms with Crippen LogP contribution in [0.15, 0.2) is 42.5 Å². The molecule has 2 atom stereocenters. The molecule has 1 amide bonds. The molecule has 6 rings (SSSR count). The Bertz CT molecular complexity index is 1000. The normalized spacial score (nSPS) is 26.5. The second-order valence-corrected chi connectivity index (χ2v) is 8.77. The number of alkyl carbamates (subject to hydrolysis) is 1. The summed E-state index contributed by atoms with van der Waals surface area (Å²) in [4.78, 5) is 14.9. The lowest BCUT2D eigenvalue weighted by Gasteiger charge is -2.43. The minimum Gasteiger partial charge on any atom is -0.445 e. The van der Waals surface area contributed by atoms with Gasteiger partial charge in [-0.15, -0.1) is 13.2 Å². The fourth-order valence-corrected chi connectivity index (χ4v) is 5.21. The maximum absolute atomic E-state index is 12.8. The second kappa shape index (κ2) is 8.31. The van der Waals surface area contributed by atoms with E-state index in [1.807, 2.05) is 12.1 Å². The number of aryl methyl sites for hydroxylation is 1. The number of hydrogen-bond acceptors (Lipinski definition) is 4. The summed E-state index contributed by atoms with van der Waals surface area (Å²) in [7, 11) is 0. The van der Waals surface area contributed by atoms with Gasteiger partial charge in [-0.25, -0.2) is 4.79 Å². The number of piperidine rings is 3. The van der Waals surface area contributed by atoms with Crippen LogP contribution in [-0.4, -0.2) is 43.1 Å². The molecule has 3 aliphatic heterocycles. The number of hydrogen-bond donors (Lipinski definition) is 1. The standard InChI is InChI=1S/C24H25F3N2O3/c25-24(26,27)32-21-4-2-1-3-19(21)17-5-7-18-16(13-17)6-8-20(18)28-23(30)31-22-14-29-11-9-15(22)10-12-29/h1-5,7,13,15,20,22H,6,8-12,14H2,(H,28,30)/t20?,22-/m1/s1. The van der Waals surface area contributed by atoms with Gasteiger partial charge in [0.15, 0.2) is 0 Å². The SMILES string of the molecule is O=C(NC1CCc2cc(-c3ccccc3OC(F)(F)F)ccc21)O[C@@H]1CN2CCC1CC2. The van der Waals surface area contributed by atoms with Gasteiger partial charge in [0.05, 0.1) is 6.04 Å². The van der Waals surface area contributed by atoms with Gasteiger partial charge < -0.3 is 14.8 Å². The molecule has 3 fully saturated rings. The monoisotopic (exact) mass is 446 g/mol. The lowest BCUT2D eigenvalue weighted by atomic mass is 9.86. The number of carbonyl (C=O) groups is 1. The van der Waals surface area contributed by atoms with Crippen molar-refractivity contribution in [1.82, 2.24) is 10.2 Å². The van der Waals surface area contributed by atoms with E-state index in [0.29, 0.717) is 17.0 Å². The second-order valence-electron chi connectivity index (χ2n) is 8.77. The molecule has 0 aromatic heterocycles.